The van der Waals surface area contributed by atoms with E-state index < -0.39 is 0 Å². The minimum atomic E-state index is 0.243. The van der Waals surface area contributed by atoms with E-state index in [0.717, 1.165) is 33.6 Å². The summed E-state index contributed by atoms with van der Waals surface area (Å²) in [7, 11) is 0. The van der Waals surface area contributed by atoms with Gasteiger partial charge in [0.15, 0.2) is 0 Å². The first kappa shape index (κ1) is 16.0. The highest BCUT2D eigenvalue weighted by Crippen LogP contribution is 2.29. The van der Waals surface area contributed by atoms with Crippen molar-refractivity contribution in [2.24, 2.45) is 0 Å². The number of nitrogens with one attached hydrogen (secondary N) is 1. The molecule has 4 heteroatoms. The van der Waals surface area contributed by atoms with Crippen molar-refractivity contribution in [2.45, 2.75) is 33.4 Å². The van der Waals surface area contributed by atoms with Gasteiger partial charge in [-0.25, -0.2) is 0 Å². The van der Waals surface area contributed by atoms with Crippen LogP contribution in [-0.4, -0.2) is 11.5 Å². The SMILES string of the molecule is CCNC(C)c1cc(Br)ccc1OCc1ncccc1C. The highest BCUT2D eigenvalue weighted by atomic mass is 79.9. The van der Waals surface area contributed by atoms with E-state index in [4.69, 9.17) is 4.74 Å². The van der Waals surface area contributed by atoms with E-state index in [1.165, 1.54) is 0 Å². The molecule has 1 unspecified atom stereocenters. The zero-order valence-corrected chi connectivity index (χ0v) is 14.3. The maximum Gasteiger partial charge on any atom is 0.130 e. The first-order valence-electron chi connectivity index (χ1n) is 7.18. The Labute approximate surface area is 134 Å². The van der Waals surface area contributed by atoms with E-state index in [0.29, 0.717) is 6.61 Å². The van der Waals surface area contributed by atoms with Crippen LogP contribution in [0.15, 0.2) is 41.0 Å². The van der Waals surface area contributed by atoms with E-state index in [1.807, 2.05) is 18.2 Å². The minimum Gasteiger partial charge on any atom is -0.487 e. The fourth-order valence-corrected chi connectivity index (χ4v) is 2.60. The standard InChI is InChI=1S/C17H21BrN2O/c1-4-19-13(3)15-10-14(18)7-8-17(15)21-11-16-12(2)6-5-9-20-16/h5-10,13,19H,4,11H2,1-3H3. The Morgan fingerprint density at radius 2 is 2.14 bits per heavy atom. The molecule has 0 amide bonds. The number of halogens is 1. The van der Waals surface area contributed by atoms with Gasteiger partial charge in [-0.15, -0.1) is 0 Å². The van der Waals surface area contributed by atoms with Gasteiger partial charge in [0.05, 0.1) is 5.69 Å². The van der Waals surface area contributed by atoms with Crippen molar-refractivity contribution in [3.63, 3.8) is 0 Å². The van der Waals surface area contributed by atoms with Crippen molar-refractivity contribution in [3.05, 3.63) is 57.8 Å². The average Bonchev–Trinajstić information content (AvgIpc) is 2.47. The Morgan fingerprint density at radius 3 is 2.86 bits per heavy atom. The van der Waals surface area contributed by atoms with Gasteiger partial charge in [-0.1, -0.05) is 28.9 Å². The van der Waals surface area contributed by atoms with Gasteiger partial charge in [0.25, 0.3) is 0 Å². The lowest BCUT2D eigenvalue weighted by Gasteiger charge is -2.18. The number of hydrogen-bond donors (Lipinski definition) is 1. The van der Waals surface area contributed by atoms with Crippen LogP contribution < -0.4 is 10.1 Å². The molecule has 0 spiro atoms. The lowest BCUT2D eigenvalue weighted by molar-refractivity contribution is 0.294. The van der Waals surface area contributed by atoms with Crippen molar-refractivity contribution in [1.29, 1.82) is 0 Å². The molecular formula is C17H21BrN2O. The Balaban J connectivity index is 2.18. The molecule has 21 heavy (non-hydrogen) atoms. The van der Waals surface area contributed by atoms with Crippen molar-refractivity contribution in [1.82, 2.24) is 10.3 Å². The molecule has 0 aliphatic rings. The lowest BCUT2D eigenvalue weighted by Crippen LogP contribution is -2.18. The maximum absolute atomic E-state index is 6.00. The van der Waals surface area contributed by atoms with Crippen LogP contribution in [0.2, 0.25) is 0 Å². The molecule has 1 atom stereocenters. The van der Waals surface area contributed by atoms with Gasteiger partial charge in [-0.05, 0) is 50.2 Å². The molecule has 0 radical (unpaired) electrons. The number of nitrogens with zero attached hydrogens (tertiary/aromatic N) is 1. The molecule has 0 bridgehead atoms. The number of benzene rings is 1. The number of ether oxygens (including phenoxy) is 1. The second-order valence-electron chi connectivity index (χ2n) is 5.02. The summed E-state index contributed by atoms with van der Waals surface area (Å²) >= 11 is 3.53. The molecule has 2 rings (SSSR count). The van der Waals surface area contributed by atoms with Gasteiger partial charge in [-0.3, -0.25) is 4.98 Å². The monoisotopic (exact) mass is 348 g/mol. The second kappa shape index (κ2) is 7.57. The van der Waals surface area contributed by atoms with Gasteiger partial charge < -0.3 is 10.1 Å². The number of aromatic nitrogens is 1. The molecule has 1 heterocycles. The van der Waals surface area contributed by atoms with E-state index in [9.17, 15) is 0 Å². The van der Waals surface area contributed by atoms with Gasteiger partial charge in [-0.2, -0.15) is 0 Å². The fourth-order valence-electron chi connectivity index (χ4n) is 2.22. The summed E-state index contributed by atoms with van der Waals surface area (Å²) in [5, 5.41) is 3.42. The Hall–Kier alpha value is -1.39. The first-order chi connectivity index (χ1) is 10.1. The molecule has 1 N–H and O–H groups in total. The van der Waals surface area contributed by atoms with Crippen molar-refractivity contribution in [3.8, 4) is 5.75 Å². The molecule has 3 nitrogen and oxygen atoms in total. The summed E-state index contributed by atoms with van der Waals surface area (Å²) in [5.74, 6) is 0.900. The van der Waals surface area contributed by atoms with Crippen molar-refractivity contribution in [2.75, 3.05) is 6.54 Å². The number of hydrogen-bond acceptors (Lipinski definition) is 3. The molecule has 1 aromatic heterocycles. The van der Waals surface area contributed by atoms with E-state index in [-0.39, 0.29) is 6.04 Å². The van der Waals surface area contributed by atoms with Crippen LogP contribution in [0.25, 0.3) is 0 Å². The topological polar surface area (TPSA) is 34.1 Å². The van der Waals surface area contributed by atoms with Crippen LogP contribution in [-0.2, 0) is 6.61 Å². The normalized spacial score (nSPS) is 12.2. The molecular weight excluding hydrogens is 328 g/mol. The minimum absolute atomic E-state index is 0.243. The second-order valence-corrected chi connectivity index (χ2v) is 5.93. The van der Waals surface area contributed by atoms with Crippen LogP contribution >= 0.6 is 15.9 Å². The summed E-state index contributed by atoms with van der Waals surface area (Å²) in [5.41, 5.74) is 3.28. The Morgan fingerprint density at radius 1 is 1.33 bits per heavy atom. The molecule has 0 saturated carbocycles. The van der Waals surface area contributed by atoms with Gasteiger partial charge in [0, 0.05) is 22.3 Å². The quantitative estimate of drug-likeness (QED) is 0.839. The lowest BCUT2D eigenvalue weighted by atomic mass is 10.1. The first-order valence-corrected chi connectivity index (χ1v) is 7.97. The summed E-state index contributed by atoms with van der Waals surface area (Å²) < 4.78 is 7.06. The third-order valence-corrected chi connectivity index (χ3v) is 3.92. The van der Waals surface area contributed by atoms with Crippen LogP contribution in [0.3, 0.4) is 0 Å². The molecule has 112 valence electrons. The Kier molecular flexibility index (Phi) is 5.76. The predicted octanol–water partition coefficient (Wildman–Crippen LogP) is 4.40. The molecule has 0 aliphatic carbocycles. The largest absolute Gasteiger partial charge is 0.487 e. The van der Waals surface area contributed by atoms with E-state index in [2.05, 4.69) is 59.1 Å². The molecule has 1 aromatic carbocycles. The smallest absolute Gasteiger partial charge is 0.130 e. The van der Waals surface area contributed by atoms with E-state index in [1.54, 1.807) is 6.20 Å². The third-order valence-electron chi connectivity index (χ3n) is 3.43. The third kappa shape index (κ3) is 4.29. The highest BCUT2D eigenvalue weighted by Gasteiger charge is 2.12. The van der Waals surface area contributed by atoms with Crippen LogP contribution in [0.5, 0.6) is 5.75 Å². The molecule has 0 fully saturated rings. The zero-order valence-electron chi connectivity index (χ0n) is 12.7. The summed E-state index contributed by atoms with van der Waals surface area (Å²) in [6, 6.07) is 10.3. The fraction of sp³-hybridized carbons (Fsp3) is 0.353. The summed E-state index contributed by atoms with van der Waals surface area (Å²) in [6.07, 6.45) is 1.80. The molecule has 0 saturated heterocycles. The average molecular weight is 349 g/mol. The highest BCUT2D eigenvalue weighted by molar-refractivity contribution is 9.10. The zero-order chi connectivity index (χ0) is 15.2. The van der Waals surface area contributed by atoms with Crippen molar-refractivity contribution >= 4 is 15.9 Å². The van der Waals surface area contributed by atoms with Crippen molar-refractivity contribution < 1.29 is 4.74 Å². The molecule has 0 aliphatic heterocycles. The van der Waals surface area contributed by atoms with Gasteiger partial charge in [0.1, 0.15) is 12.4 Å². The summed E-state index contributed by atoms with van der Waals surface area (Å²) in [4.78, 5) is 4.37. The predicted molar refractivity (Wildman–Crippen MR) is 89.5 cm³/mol. The summed E-state index contributed by atoms with van der Waals surface area (Å²) in [6.45, 7) is 7.71. The van der Waals surface area contributed by atoms with Crippen LogP contribution in [0.1, 0.15) is 36.7 Å². The Bertz CT molecular complexity index is 601. The van der Waals surface area contributed by atoms with Gasteiger partial charge in [0.2, 0.25) is 0 Å². The maximum atomic E-state index is 6.00. The van der Waals surface area contributed by atoms with Crippen LogP contribution in [0, 0.1) is 6.92 Å². The van der Waals surface area contributed by atoms with Gasteiger partial charge >= 0.3 is 0 Å². The number of rotatable bonds is 6. The van der Waals surface area contributed by atoms with E-state index >= 15 is 0 Å². The molecule has 2 aromatic rings. The number of pyridine rings is 1. The van der Waals surface area contributed by atoms with Crippen LogP contribution in [0.4, 0.5) is 0 Å². The number of aryl methyl sites for hydroxylation is 1.